The molecule has 0 atom stereocenters. The van der Waals surface area contributed by atoms with Crippen molar-refractivity contribution in [1.29, 1.82) is 0 Å². The van der Waals surface area contributed by atoms with E-state index in [1.807, 2.05) is 0 Å². The Balaban J connectivity index is 2.08. The maximum Gasteiger partial charge on any atom is 0.251 e. The molecule has 0 saturated carbocycles. The third-order valence-corrected chi connectivity index (χ3v) is 6.33. The number of carbonyl (C=O) groups is 1. The van der Waals surface area contributed by atoms with Gasteiger partial charge in [-0.3, -0.25) is 9.69 Å². The Hall–Kier alpha value is -1.44. The Morgan fingerprint density at radius 2 is 1.88 bits per heavy atom. The zero-order chi connectivity index (χ0) is 18.0. The molecule has 2 rings (SSSR count). The summed E-state index contributed by atoms with van der Waals surface area (Å²) in [4.78, 5) is 14.9. The number of likely N-dealkylation sites (tertiary alicyclic amines) is 1. The van der Waals surface area contributed by atoms with Crippen LogP contribution in [0.1, 0.15) is 37.0 Å². The van der Waals surface area contributed by atoms with E-state index in [0.29, 0.717) is 12.1 Å². The minimum Gasteiger partial charge on any atom is -0.350 e. The third-order valence-electron chi connectivity index (χ3n) is 4.52. The first-order valence-electron chi connectivity index (χ1n) is 8.20. The maximum absolute atomic E-state index is 12.4. The molecular formula is C17H27N3O3S. The predicted molar refractivity (Wildman–Crippen MR) is 94.5 cm³/mol. The molecule has 1 amide bonds. The van der Waals surface area contributed by atoms with Gasteiger partial charge in [-0.1, -0.05) is 6.07 Å². The Morgan fingerprint density at radius 3 is 2.46 bits per heavy atom. The topological polar surface area (TPSA) is 69.7 Å². The van der Waals surface area contributed by atoms with Crippen molar-refractivity contribution < 1.29 is 13.2 Å². The number of benzene rings is 1. The molecule has 0 bridgehead atoms. The van der Waals surface area contributed by atoms with Gasteiger partial charge in [-0.25, -0.2) is 12.7 Å². The Bertz CT molecular complexity index is 693. The molecule has 1 saturated heterocycles. The third kappa shape index (κ3) is 4.15. The first-order chi connectivity index (χ1) is 11.1. The highest BCUT2D eigenvalue weighted by atomic mass is 32.2. The molecule has 0 radical (unpaired) electrons. The van der Waals surface area contributed by atoms with Gasteiger partial charge in [-0.05, 0) is 58.0 Å². The van der Waals surface area contributed by atoms with Gasteiger partial charge in [-0.2, -0.15) is 0 Å². The molecule has 1 fully saturated rings. The number of sulfonamides is 1. The number of carbonyl (C=O) groups excluding carboxylic acids is 1. The summed E-state index contributed by atoms with van der Waals surface area (Å²) in [5, 5.41) is 2.93. The Kier molecular flexibility index (Phi) is 5.67. The largest absolute Gasteiger partial charge is 0.350 e. The first-order valence-corrected chi connectivity index (χ1v) is 9.64. The summed E-state index contributed by atoms with van der Waals surface area (Å²) in [7, 11) is -0.599. The highest BCUT2D eigenvalue weighted by molar-refractivity contribution is 7.89. The fraction of sp³-hybridized carbons (Fsp3) is 0.588. The number of nitrogens with zero attached hydrogens (tertiary/aromatic N) is 2. The second kappa shape index (κ2) is 7.21. The van der Waals surface area contributed by atoms with E-state index < -0.39 is 10.0 Å². The lowest BCUT2D eigenvalue weighted by atomic mass is 10.0. The van der Waals surface area contributed by atoms with Crippen LogP contribution < -0.4 is 5.32 Å². The van der Waals surface area contributed by atoms with E-state index >= 15 is 0 Å². The number of rotatable bonds is 6. The van der Waals surface area contributed by atoms with E-state index in [-0.39, 0.29) is 16.3 Å². The summed E-state index contributed by atoms with van der Waals surface area (Å²) < 4.78 is 25.5. The Morgan fingerprint density at radius 1 is 1.25 bits per heavy atom. The lowest BCUT2D eigenvalue weighted by Crippen LogP contribution is -2.50. The molecular weight excluding hydrogens is 326 g/mol. The number of nitrogens with one attached hydrogen (secondary N) is 1. The van der Waals surface area contributed by atoms with Gasteiger partial charge in [0.2, 0.25) is 10.0 Å². The standard InChI is InChI=1S/C17H27N3O3S/c1-17(2,20-10-5-6-11-20)13-18-16(21)14-8-7-9-15(12-14)24(22,23)19(3)4/h7-9,12H,5-6,10-11,13H2,1-4H3,(H,18,21). The first kappa shape index (κ1) is 18.9. The summed E-state index contributed by atoms with van der Waals surface area (Å²) >= 11 is 0. The molecule has 1 heterocycles. The van der Waals surface area contributed by atoms with E-state index in [2.05, 4.69) is 24.1 Å². The van der Waals surface area contributed by atoms with E-state index in [4.69, 9.17) is 0 Å². The minimum absolute atomic E-state index is 0.112. The van der Waals surface area contributed by atoms with Crippen molar-refractivity contribution >= 4 is 15.9 Å². The van der Waals surface area contributed by atoms with Gasteiger partial charge >= 0.3 is 0 Å². The molecule has 0 aliphatic carbocycles. The Labute approximate surface area is 144 Å². The van der Waals surface area contributed by atoms with E-state index in [0.717, 1.165) is 17.4 Å². The lowest BCUT2D eigenvalue weighted by molar-refractivity contribution is 0.0902. The zero-order valence-electron chi connectivity index (χ0n) is 14.9. The fourth-order valence-electron chi connectivity index (χ4n) is 2.84. The van der Waals surface area contributed by atoms with Gasteiger partial charge in [0.05, 0.1) is 4.90 Å². The van der Waals surface area contributed by atoms with Gasteiger partial charge in [0.1, 0.15) is 0 Å². The van der Waals surface area contributed by atoms with Crippen LogP contribution in [0.25, 0.3) is 0 Å². The SMILES string of the molecule is CN(C)S(=O)(=O)c1cccc(C(=O)NCC(C)(C)N2CCCC2)c1. The van der Waals surface area contributed by atoms with Crippen LogP contribution >= 0.6 is 0 Å². The van der Waals surface area contributed by atoms with Crippen LogP contribution in [-0.2, 0) is 10.0 Å². The molecule has 1 N–H and O–H groups in total. The van der Waals surface area contributed by atoms with Crippen LogP contribution in [0.2, 0.25) is 0 Å². The molecule has 1 aromatic rings. The molecule has 0 unspecified atom stereocenters. The molecule has 1 aliphatic heterocycles. The minimum atomic E-state index is -3.54. The normalized spacial score (nSPS) is 16.5. The summed E-state index contributed by atoms with van der Waals surface area (Å²) in [6.45, 7) is 6.87. The average Bonchev–Trinajstić information content (AvgIpc) is 3.08. The second-order valence-electron chi connectivity index (χ2n) is 7.00. The van der Waals surface area contributed by atoms with Gasteiger partial charge in [0.25, 0.3) is 5.91 Å². The highest BCUT2D eigenvalue weighted by Crippen LogP contribution is 2.20. The van der Waals surface area contributed by atoms with Crippen LogP contribution in [0.3, 0.4) is 0 Å². The van der Waals surface area contributed by atoms with Gasteiger partial charge in [-0.15, -0.1) is 0 Å². The van der Waals surface area contributed by atoms with Crippen molar-refractivity contribution in [3.8, 4) is 0 Å². The van der Waals surface area contributed by atoms with Crippen molar-refractivity contribution in [3.05, 3.63) is 29.8 Å². The van der Waals surface area contributed by atoms with E-state index in [1.165, 1.54) is 39.1 Å². The van der Waals surface area contributed by atoms with Crippen LogP contribution in [0.15, 0.2) is 29.2 Å². The molecule has 6 nitrogen and oxygen atoms in total. The van der Waals surface area contributed by atoms with Crippen LogP contribution in [0.4, 0.5) is 0 Å². The maximum atomic E-state index is 12.4. The quantitative estimate of drug-likeness (QED) is 0.842. The smallest absolute Gasteiger partial charge is 0.251 e. The number of hydrogen-bond acceptors (Lipinski definition) is 4. The van der Waals surface area contributed by atoms with Crippen molar-refractivity contribution in [3.63, 3.8) is 0 Å². The average molecular weight is 353 g/mol. The predicted octanol–water partition coefficient (Wildman–Crippen LogP) is 1.54. The lowest BCUT2D eigenvalue weighted by Gasteiger charge is -2.35. The van der Waals surface area contributed by atoms with Gasteiger partial charge < -0.3 is 5.32 Å². The summed E-state index contributed by atoms with van der Waals surface area (Å²) in [5.41, 5.74) is 0.245. The summed E-state index contributed by atoms with van der Waals surface area (Å²) in [6, 6.07) is 6.15. The number of amides is 1. The van der Waals surface area contributed by atoms with E-state index in [9.17, 15) is 13.2 Å². The molecule has 7 heteroatoms. The molecule has 24 heavy (non-hydrogen) atoms. The van der Waals surface area contributed by atoms with Gasteiger partial charge in [0, 0.05) is 31.7 Å². The van der Waals surface area contributed by atoms with Crippen LogP contribution in [-0.4, -0.2) is 62.8 Å². The molecule has 134 valence electrons. The van der Waals surface area contributed by atoms with Crippen molar-refractivity contribution in [2.24, 2.45) is 0 Å². The summed E-state index contributed by atoms with van der Waals surface area (Å²) in [5.74, 6) is -0.252. The molecule has 0 spiro atoms. The fourth-order valence-corrected chi connectivity index (χ4v) is 3.79. The van der Waals surface area contributed by atoms with E-state index in [1.54, 1.807) is 12.1 Å². The second-order valence-corrected chi connectivity index (χ2v) is 9.16. The van der Waals surface area contributed by atoms with Gasteiger partial charge in [0.15, 0.2) is 0 Å². The summed E-state index contributed by atoms with van der Waals surface area (Å²) in [6.07, 6.45) is 2.39. The van der Waals surface area contributed by atoms with Crippen molar-refractivity contribution in [1.82, 2.24) is 14.5 Å². The highest BCUT2D eigenvalue weighted by Gasteiger charge is 2.29. The molecule has 0 aromatic heterocycles. The molecule has 1 aliphatic rings. The van der Waals surface area contributed by atoms with Crippen LogP contribution in [0.5, 0.6) is 0 Å². The van der Waals surface area contributed by atoms with Crippen LogP contribution in [0, 0.1) is 0 Å². The van der Waals surface area contributed by atoms with Crippen molar-refractivity contribution in [2.45, 2.75) is 37.1 Å². The zero-order valence-corrected chi connectivity index (χ0v) is 15.7. The monoisotopic (exact) mass is 353 g/mol. The number of hydrogen-bond donors (Lipinski definition) is 1. The molecule has 1 aromatic carbocycles. The van der Waals surface area contributed by atoms with Crippen molar-refractivity contribution in [2.75, 3.05) is 33.7 Å².